The Morgan fingerprint density at radius 2 is 2.06 bits per heavy atom. The van der Waals surface area contributed by atoms with Crippen LogP contribution in [0.3, 0.4) is 0 Å². The minimum absolute atomic E-state index is 0.0284. The second kappa shape index (κ2) is 11.1. The predicted molar refractivity (Wildman–Crippen MR) is 111 cm³/mol. The van der Waals surface area contributed by atoms with Crippen molar-refractivity contribution < 1.29 is 22.8 Å². The number of aromatic amines is 1. The van der Waals surface area contributed by atoms with Gasteiger partial charge in [-0.15, -0.1) is 0 Å². The van der Waals surface area contributed by atoms with Gasteiger partial charge in [0.2, 0.25) is 11.9 Å². The molecule has 0 saturated heterocycles. The van der Waals surface area contributed by atoms with Gasteiger partial charge in [0.05, 0.1) is 24.3 Å². The van der Waals surface area contributed by atoms with E-state index in [0.29, 0.717) is 17.0 Å². The Balaban J connectivity index is 1.92. The van der Waals surface area contributed by atoms with Gasteiger partial charge in [-0.25, -0.2) is 10.5 Å². The van der Waals surface area contributed by atoms with E-state index in [-0.39, 0.29) is 50.2 Å². The maximum Gasteiger partial charge on any atom is 0.416 e. The number of nitrogens with two attached hydrogens (primary N) is 1. The first-order chi connectivity index (χ1) is 15.1. The zero-order valence-corrected chi connectivity index (χ0v) is 17.2. The van der Waals surface area contributed by atoms with Gasteiger partial charge in [0.25, 0.3) is 5.56 Å². The number of hydroxylamine groups is 1. The van der Waals surface area contributed by atoms with Crippen molar-refractivity contribution in [1.82, 2.24) is 20.8 Å². The molecule has 0 unspecified atom stereocenters. The second-order valence-electron chi connectivity index (χ2n) is 6.75. The largest absolute Gasteiger partial charge is 0.416 e. The van der Waals surface area contributed by atoms with Crippen LogP contribution in [0.15, 0.2) is 29.1 Å². The van der Waals surface area contributed by atoms with Crippen LogP contribution in [0.2, 0.25) is 0 Å². The highest BCUT2D eigenvalue weighted by Crippen LogP contribution is 2.29. The molecule has 0 saturated carbocycles. The number of carbonyl (C=O) groups excluding carboxylic acids is 1. The number of halogens is 3. The van der Waals surface area contributed by atoms with Gasteiger partial charge < -0.3 is 21.4 Å². The molecule has 32 heavy (non-hydrogen) atoms. The third-order valence-corrected chi connectivity index (χ3v) is 4.19. The van der Waals surface area contributed by atoms with Crippen LogP contribution < -0.4 is 27.4 Å². The predicted octanol–water partition coefficient (Wildman–Crippen LogP) is 0.825. The van der Waals surface area contributed by atoms with Gasteiger partial charge in [0, 0.05) is 18.8 Å². The smallest absolute Gasteiger partial charge is 0.368 e. The van der Waals surface area contributed by atoms with Gasteiger partial charge in [0.1, 0.15) is 0 Å². The van der Waals surface area contributed by atoms with Gasteiger partial charge in [-0.2, -0.15) is 13.2 Å². The second-order valence-corrected chi connectivity index (χ2v) is 6.75. The molecule has 7 N–H and O–H groups in total. The van der Waals surface area contributed by atoms with E-state index in [1.807, 2.05) is 0 Å². The van der Waals surface area contributed by atoms with Gasteiger partial charge in [-0.05, 0) is 25.0 Å². The van der Waals surface area contributed by atoms with Gasteiger partial charge in [0.15, 0.2) is 5.82 Å². The number of benzene rings is 1. The van der Waals surface area contributed by atoms with Crippen molar-refractivity contribution in [1.29, 1.82) is 5.41 Å². The Bertz CT molecular complexity index is 1010. The van der Waals surface area contributed by atoms with Crippen molar-refractivity contribution in [2.45, 2.75) is 25.9 Å². The van der Waals surface area contributed by atoms with Crippen LogP contribution in [0.4, 0.5) is 19.0 Å². The van der Waals surface area contributed by atoms with Crippen LogP contribution in [-0.4, -0.2) is 41.5 Å². The van der Waals surface area contributed by atoms with Crippen LogP contribution in [0.5, 0.6) is 0 Å². The summed E-state index contributed by atoms with van der Waals surface area (Å²) in [6.45, 7) is 2.01. The fourth-order valence-electron chi connectivity index (χ4n) is 2.68. The van der Waals surface area contributed by atoms with Crippen LogP contribution in [0.25, 0.3) is 0 Å². The number of carbonyl (C=O) groups is 1. The zero-order chi connectivity index (χ0) is 23.7. The summed E-state index contributed by atoms with van der Waals surface area (Å²) in [5.41, 5.74) is 7.14. The summed E-state index contributed by atoms with van der Waals surface area (Å²) in [7, 11) is 0. The third-order valence-electron chi connectivity index (χ3n) is 4.19. The lowest BCUT2D eigenvalue weighted by Gasteiger charge is -2.11. The molecule has 0 fully saturated rings. The van der Waals surface area contributed by atoms with Gasteiger partial charge in [-0.1, -0.05) is 18.2 Å². The maximum atomic E-state index is 12.8. The van der Waals surface area contributed by atoms with E-state index in [1.54, 1.807) is 13.0 Å². The van der Waals surface area contributed by atoms with Crippen molar-refractivity contribution in [3.8, 4) is 0 Å². The fraction of sp³-hybridized carbons (Fsp3) is 0.368. The first-order valence-electron chi connectivity index (χ1n) is 9.54. The van der Waals surface area contributed by atoms with Crippen molar-refractivity contribution in [2.75, 3.05) is 25.0 Å². The van der Waals surface area contributed by atoms with E-state index in [0.717, 1.165) is 12.1 Å². The molecule has 0 spiro atoms. The van der Waals surface area contributed by atoms with Crippen LogP contribution in [0.1, 0.15) is 22.5 Å². The molecule has 13 heteroatoms. The highest BCUT2D eigenvalue weighted by atomic mass is 19.4. The Kier molecular flexibility index (Phi) is 8.58. The number of hydrogen-bond acceptors (Lipinski definition) is 6. The molecule has 0 aliphatic heterocycles. The van der Waals surface area contributed by atoms with Gasteiger partial charge in [-0.3, -0.25) is 19.8 Å². The highest BCUT2D eigenvalue weighted by Gasteiger charge is 2.30. The number of rotatable bonds is 10. The first kappa shape index (κ1) is 24.7. The molecule has 1 heterocycles. The molecule has 1 aromatic heterocycles. The third kappa shape index (κ3) is 7.91. The Hall–Kier alpha value is -3.61. The lowest BCUT2D eigenvalue weighted by molar-refractivity contribution is -0.137. The highest BCUT2D eigenvalue weighted by molar-refractivity contribution is 5.78. The summed E-state index contributed by atoms with van der Waals surface area (Å²) in [6, 6.07) is 4.94. The Labute approximate surface area is 181 Å². The number of H-pyrrole nitrogens is 1. The van der Waals surface area contributed by atoms with Crippen LogP contribution in [-0.2, 0) is 28.7 Å². The number of alkyl halides is 3. The standard InChI is InChI=1S/C19H24F3N7O3/c1-11-14(10-15(30)25-7-8-32-29-18(23)24)28-16(17(31)27-11)26-6-5-12-3-2-4-13(9-12)19(20,21)22/h2-4,9H,5-8,10H2,1H3,(H,25,30)(H,26,28)(H,27,31)(H4,23,24,29). The number of anilines is 1. The molecule has 1 amide bonds. The van der Waals surface area contributed by atoms with E-state index in [9.17, 15) is 22.8 Å². The number of aromatic nitrogens is 2. The minimum atomic E-state index is -4.43. The monoisotopic (exact) mass is 455 g/mol. The number of aryl methyl sites for hydroxylation is 1. The summed E-state index contributed by atoms with van der Waals surface area (Å²) in [4.78, 5) is 35.8. The molecule has 2 aromatic rings. The quantitative estimate of drug-likeness (QED) is 0.134. The topological polar surface area (TPSA) is 158 Å². The first-order valence-corrected chi connectivity index (χ1v) is 9.54. The molecule has 0 atom stereocenters. The van der Waals surface area contributed by atoms with E-state index >= 15 is 0 Å². The Morgan fingerprint density at radius 1 is 1.31 bits per heavy atom. The molecule has 2 rings (SSSR count). The van der Waals surface area contributed by atoms with Crippen molar-refractivity contribution in [2.24, 2.45) is 5.73 Å². The Morgan fingerprint density at radius 3 is 2.75 bits per heavy atom. The summed E-state index contributed by atoms with van der Waals surface area (Å²) in [5, 5.41) is 12.3. The van der Waals surface area contributed by atoms with Gasteiger partial charge >= 0.3 is 6.18 Å². The zero-order valence-electron chi connectivity index (χ0n) is 17.2. The minimum Gasteiger partial charge on any atom is -0.368 e. The molecule has 0 radical (unpaired) electrons. The normalized spacial score (nSPS) is 11.1. The summed E-state index contributed by atoms with van der Waals surface area (Å²) in [6.07, 6.45) is -4.29. The SMILES string of the molecule is Cc1[nH]c(=O)c(NCCc2cccc(C(F)(F)F)c2)nc1CC(=O)NCCONC(=N)N. The lowest BCUT2D eigenvalue weighted by Crippen LogP contribution is -2.35. The molecule has 0 aliphatic carbocycles. The number of amides is 1. The molecule has 0 aliphatic rings. The number of nitrogens with zero attached hydrogens (tertiary/aromatic N) is 1. The number of guanidine groups is 1. The van der Waals surface area contributed by atoms with E-state index in [2.05, 4.69) is 26.1 Å². The summed E-state index contributed by atoms with van der Waals surface area (Å²) in [5.74, 6) is -0.758. The maximum absolute atomic E-state index is 12.8. The van der Waals surface area contributed by atoms with Crippen molar-refractivity contribution in [3.05, 3.63) is 57.1 Å². The summed E-state index contributed by atoms with van der Waals surface area (Å²) >= 11 is 0. The van der Waals surface area contributed by atoms with E-state index in [4.69, 9.17) is 16.0 Å². The summed E-state index contributed by atoms with van der Waals surface area (Å²) < 4.78 is 38.4. The van der Waals surface area contributed by atoms with E-state index < -0.39 is 17.3 Å². The molecular formula is C19H24F3N7O3. The van der Waals surface area contributed by atoms with Crippen molar-refractivity contribution in [3.63, 3.8) is 0 Å². The number of nitrogens with one attached hydrogen (secondary N) is 5. The molecule has 10 nitrogen and oxygen atoms in total. The molecule has 174 valence electrons. The average Bonchev–Trinajstić information content (AvgIpc) is 2.70. The van der Waals surface area contributed by atoms with E-state index in [1.165, 1.54) is 6.07 Å². The molecule has 0 bridgehead atoms. The van der Waals surface area contributed by atoms with Crippen LogP contribution >= 0.6 is 0 Å². The van der Waals surface area contributed by atoms with Crippen LogP contribution in [0, 0.1) is 12.3 Å². The fourth-order valence-corrected chi connectivity index (χ4v) is 2.68. The number of hydrogen-bond donors (Lipinski definition) is 6. The lowest BCUT2D eigenvalue weighted by atomic mass is 10.1. The average molecular weight is 455 g/mol. The molecule has 1 aromatic carbocycles. The van der Waals surface area contributed by atoms with Crippen molar-refractivity contribution >= 4 is 17.7 Å². The molecular weight excluding hydrogens is 431 g/mol.